The average Bonchev–Trinajstić information content (AvgIpc) is 2.88. The van der Waals surface area contributed by atoms with E-state index in [1.807, 2.05) is 0 Å². The maximum atomic E-state index is 5.95. The Morgan fingerprint density at radius 1 is 0.900 bits per heavy atom. The Morgan fingerprint density at radius 2 is 1.65 bits per heavy atom. The van der Waals surface area contributed by atoms with Crippen LogP contribution in [0.2, 0.25) is 15.2 Å². The van der Waals surface area contributed by atoms with Crippen molar-refractivity contribution in [3.8, 4) is 22.8 Å². The van der Waals surface area contributed by atoms with Gasteiger partial charge in [0.2, 0.25) is 5.82 Å². The van der Waals surface area contributed by atoms with Gasteiger partial charge >= 0.3 is 0 Å². The molecule has 4 nitrogen and oxygen atoms in total. The highest BCUT2D eigenvalue weighted by atomic mass is 35.5. The summed E-state index contributed by atoms with van der Waals surface area (Å²) in [5.41, 5.74) is 1.36. The highest BCUT2D eigenvalue weighted by Gasteiger charge is 2.12. The van der Waals surface area contributed by atoms with Gasteiger partial charge in [-0.05, 0) is 30.3 Å². The van der Waals surface area contributed by atoms with Gasteiger partial charge in [-0.2, -0.15) is 4.98 Å². The van der Waals surface area contributed by atoms with Gasteiger partial charge in [0.1, 0.15) is 5.15 Å². The van der Waals surface area contributed by atoms with Crippen LogP contribution in [0.5, 0.6) is 0 Å². The van der Waals surface area contributed by atoms with E-state index in [-0.39, 0.29) is 0 Å². The third-order valence-corrected chi connectivity index (χ3v) is 3.18. The Kier molecular flexibility index (Phi) is 3.61. The molecule has 0 aliphatic carbocycles. The van der Waals surface area contributed by atoms with Crippen LogP contribution in [0.25, 0.3) is 22.8 Å². The minimum Gasteiger partial charge on any atom is -0.334 e. The van der Waals surface area contributed by atoms with Crippen LogP contribution >= 0.6 is 34.8 Å². The molecule has 0 fully saturated rings. The second-order valence-corrected chi connectivity index (χ2v) is 5.21. The number of aromatic nitrogens is 3. The molecule has 0 bridgehead atoms. The summed E-state index contributed by atoms with van der Waals surface area (Å²) >= 11 is 17.6. The second-order valence-electron chi connectivity index (χ2n) is 3.95. The van der Waals surface area contributed by atoms with Crippen molar-refractivity contribution in [2.75, 3.05) is 0 Å². The van der Waals surface area contributed by atoms with E-state index >= 15 is 0 Å². The van der Waals surface area contributed by atoms with Gasteiger partial charge in [0.25, 0.3) is 5.89 Å². The summed E-state index contributed by atoms with van der Waals surface area (Å²) in [5.74, 6) is 0.750. The Bertz CT molecular complexity index is 736. The van der Waals surface area contributed by atoms with Gasteiger partial charge in [-0.3, -0.25) is 0 Å². The first kappa shape index (κ1) is 13.4. The zero-order valence-electron chi connectivity index (χ0n) is 9.85. The number of benzene rings is 1. The first-order valence-electron chi connectivity index (χ1n) is 5.54. The van der Waals surface area contributed by atoms with Crippen LogP contribution in [-0.4, -0.2) is 15.1 Å². The van der Waals surface area contributed by atoms with Gasteiger partial charge in [-0.25, -0.2) is 4.98 Å². The van der Waals surface area contributed by atoms with Gasteiger partial charge in [0.15, 0.2) is 0 Å². The van der Waals surface area contributed by atoms with Crippen molar-refractivity contribution < 1.29 is 4.52 Å². The van der Waals surface area contributed by atoms with E-state index < -0.39 is 0 Å². The average molecular weight is 327 g/mol. The van der Waals surface area contributed by atoms with Crippen molar-refractivity contribution in [1.82, 2.24) is 15.1 Å². The van der Waals surface area contributed by atoms with Crippen LogP contribution in [0.3, 0.4) is 0 Å². The maximum absolute atomic E-state index is 5.95. The molecule has 0 radical (unpaired) electrons. The van der Waals surface area contributed by atoms with Crippen molar-refractivity contribution in [3.05, 3.63) is 51.7 Å². The molecule has 0 spiro atoms. The lowest BCUT2D eigenvalue weighted by molar-refractivity contribution is 0.432. The minimum absolute atomic E-state index is 0.347. The second kappa shape index (κ2) is 5.40. The molecule has 0 N–H and O–H groups in total. The molecule has 1 aromatic carbocycles. The molecular formula is C13H6Cl3N3O. The van der Waals surface area contributed by atoms with Crippen molar-refractivity contribution in [2.45, 2.75) is 0 Å². The fourth-order valence-corrected chi connectivity index (χ4v) is 2.28. The Hall–Kier alpha value is -1.62. The van der Waals surface area contributed by atoms with Crippen molar-refractivity contribution in [2.24, 2.45) is 0 Å². The smallest absolute Gasteiger partial charge is 0.259 e. The normalized spacial score (nSPS) is 10.8. The Labute approximate surface area is 129 Å². The first-order chi connectivity index (χ1) is 9.61. The number of hydrogen-bond acceptors (Lipinski definition) is 4. The van der Waals surface area contributed by atoms with Crippen LogP contribution < -0.4 is 0 Å². The van der Waals surface area contributed by atoms with E-state index in [1.54, 1.807) is 36.5 Å². The summed E-state index contributed by atoms with van der Waals surface area (Å²) in [5, 5.41) is 5.31. The molecule has 0 aliphatic heterocycles. The zero-order valence-corrected chi connectivity index (χ0v) is 12.1. The van der Waals surface area contributed by atoms with E-state index in [4.69, 9.17) is 39.3 Å². The van der Waals surface area contributed by atoms with E-state index in [9.17, 15) is 0 Å². The maximum Gasteiger partial charge on any atom is 0.259 e. The molecule has 7 heteroatoms. The summed E-state index contributed by atoms with van der Waals surface area (Å²) in [7, 11) is 0. The monoisotopic (exact) mass is 325 g/mol. The first-order valence-corrected chi connectivity index (χ1v) is 6.67. The highest BCUT2D eigenvalue weighted by Crippen LogP contribution is 2.27. The number of hydrogen-bond donors (Lipinski definition) is 0. The molecule has 0 amide bonds. The van der Waals surface area contributed by atoms with Crippen molar-refractivity contribution in [1.29, 1.82) is 0 Å². The summed E-state index contributed by atoms with van der Waals surface area (Å²) < 4.78 is 5.19. The largest absolute Gasteiger partial charge is 0.334 e. The quantitative estimate of drug-likeness (QED) is 0.637. The van der Waals surface area contributed by atoms with E-state index in [0.29, 0.717) is 38.0 Å². The summed E-state index contributed by atoms with van der Waals surface area (Å²) in [4.78, 5) is 8.25. The van der Waals surface area contributed by atoms with Crippen LogP contribution in [-0.2, 0) is 0 Å². The van der Waals surface area contributed by atoms with Crippen LogP contribution in [0, 0.1) is 0 Å². The molecule has 2 aromatic heterocycles. The molecule has 0 atom stereocenters. The third kappa shape index (κ3) is 2.77. The van der Waals surface area contributed by atoms with Crippen molar-refractivity contribution in [3.63, 3.8) is 0 Å². The lowest BCUT2D eigenvalue weighted by Gasteiger charge is -1.97. The highest BCUT2D eigenvalue weighted by molar-refractivity contribution is 6.35. The topological polar surface area (TPSA) is 51.8 Å². The summed E-state index contributed by atoms with van der Waals surface area (Å²) in [6.07, 6.45) is 1.56. The third-order valence-electron chi connectivity index (χ3n) is 2.52. The molecule has 0 unspecified atom stereocenters. The molecular weight excluding hydrogens is 321 g/mol. The van der Waals surface area contributed by atoms with Crippen LogP contribution in [0.1, 0.15) is 0 Å². The van der Waals surface area contributed by atoms with E-state index in [1.165, 1.54) is 0 Å². The van der Waals surface area contributed by atoms with Gasteiger partial charge in [-0.1, -0.05) is 40.0 Å². The molecule has 0 saturated carbocycles. The number of halogens is 3. The lowest BCUT2D eigenvalue weighted by Crippen LogP contribution is -1.83. The predicted molar refractivity (Wildman–Crippen MR) is 78.0 cm³/mol. The van der Waals surface area contributed by atoms with Gasteiger partial charge in [0.05, 0.1) is 5.56 Å². The molecule has 3 rings (SSSR count). The summed E-state index contributed by atoms with van der Waals surface area (Å²) in [6, 6.07) is 8.45. The number of rotatable bonds is 2. The molecule has 2 heterocycles. The van der Waals surface area contributed by atoms with Crippen LogP contribution in [0.4, 0.5) is 0 Å². The Morgan fingerprint density at radius 3 is 2.30 bits per heavy atom. The number of pyridine rings is 1. The van der Waals surface area contributed by atoms with Crippen LogP contribution in [0.15, 0.2) is 41.1 Å². The standard InChI is InChI=1S/C13H6Cl3N3O/c14-9-3-8(4-10(15)5-9)12-18-13(20-19-12)7-1-2-11(16)17-6-7/h1-6H. The Balaban J connectivity index is 1.99. The molecule has 0 aliphatic rings. The molecule has 3 aromatic rings. The number of nitrogens with zero attached hydrogens (tertiary/aromatic N) is 3. The van der Waals surface area contributed by atoms with E-state index in [2.05, 4.69) is 15.1 Å². The zero-order chi connectivity index (χ0) is 14.1. The lowest BCUT2D eigenvalue weighted by atomic mass is 10.2. The van der Waals surface area contributed by atoms with Gasteiger partial charge in [0, 0.05) is 21.8 Å². The predicted octanol–water partition coefficient (Wildman–Crippen LogP) is 4.76. The van der Waals surface area contributed by atoms with Gasteiger partial charge < -0.3 is 4.52 Å². The van der Waals surface area contributed by atoms with E-state index in [0.717, 1.165) is 0 Å². The van der Waals surface area contributed by atoms with Crippen molar-refractivity contribution >= 4 is 34.8 Å². The van der Waals surface area contributed by atoms with Gasteiger partial charge in [-0.15, -0.1) is 0 Å². The SMILES string of the molecule is Clc1cc(Cl)cc(-c2noc(-c3ccc(Cl)nc3)n2)c1. The fraction of sp³-hybridized carbons (Fsp3) is 0. The molecule has 20 heavy (non-hydrogen) atoms. The molecule has 0 saturated heterocycles. The fourth-order valence-electron chi connectivity index (χ4n) is 1.64. The minimum atomic E-state index is 0.347. The molecule has 100 valence electrons. The summed E-state index contributed by atoms with van der Waals surface area (Å²) in [6.45, 7) is 0.